The van der Waals surface area contributed by atoms with Crippen LogP contribution in [-0.4, -0.2) is 7.05 Å². The molecule has 2 heteroatoms. The van der Waals surface area contributed by atoms with Crippen LogP contribution in [0.5, 0.6) is 0 Å². The molecule has 0 saturated heterocycles. The minimum atomic E-state index is 0. The summed E-state index contributed by atoms with van der Waals surface area (Å²) < 4.78 is 0. The average molecular weight is 262 g/mol. The topological polar surface area (TPSA) is 12.0 Å². The molecule has 1 nitrogen and oxygen atoms in total. The lowest BCUT2D eigenvalue weighted by molar-refractivity contribution is 0.592. The highest BCUT2D eigenvalue weighted by atomic mass is 35.5. The van der Waals surface area contributed by atoms with Crippen LogP contribution in [0.3, 0.4) is 0 Å². The first-order valence-corrected chi connectivity index (χ1v) is 6.07. The Hall–Kier alpha value is -1.31. The van der Waals surface area contributed by atoms with Crippen molar-refractivity contribution in [3.8, 4) is 0 Å². The second-order valence-corrected chi connectivity index (χ2v) is 4.44. The van der Waals surface area contributed by atoms with E-state index in [0.717, 1.165) is 6.42 Å². The maximum absolute atomic E-state index is 3.38. The highest BCUT2D eigenvalue weighted by Crippen LogP contribution is 2.18. The quantitative estimate of drug-likeness (QED) is 0.880. The van der Waals surface area contributed by atoms with Gasteiger partial charge in [0.25, 0.3) is 0 Å². The number of aryl methyl sites for hydroxylation is 1. The zero-order valence-electron chi connectivity index (χ0n) is 10.9. The molecular formula is C16H20ClN. The molecule has 2 aromatic carbocycles. The van der Waals surface area contributed by atoms with Crippen molar-refractivity contribution in [1.29, 1.82) is 0 Å². The maximum atomic E-state index is 3.38. The van der Waals surface area contributed by atoms with E-state index in [4.69, 9.17) is 0 Å². The van der Waals surface area contributed by atoms with E-state index < -0.39 is 0 Å². The van der Waals surface area contributed by atoms with Crippen molar-refractivity contribution in [1.82, 2.24) is 5.32 Å². The van der Waals surface area contributed by atoms with Crippen molar-refractivity contribution in [2.45, 2.75) is 19.4 Å². The van der Waals surface area contributed by atoms with Crippen molar-refractivity contribution >= 4 is 12.4 Å². The minimum Gasteiger partial charge on any atom is -0.313 e. The lowest BCUT2D eigenvalue weighted by Crippen LogP contribution is -2.18. The van der Waals surface area contributed by atoms with Gasteiger partial charge >= 0.3 is 0 Å². The SMILES string of the molecule is CNC(Cc1ccc(C)cc1)c1ccccc1.Cl. The summed E-state index contributed by atoms with van der Waals surface area (Å²) in [5.74, 6) is 0. The van der Waals surface area contributed by atoms with Gasteiger partial charge in [0, 0.05) is 6.04 Å². The van der Waals surface area contributed by atoms with E-state index in [-0.39, 0.29) is 12.4 Å². The third-order valence-corrected chi connectivity index (χ3v) is 3.11. The minimum absolute atomic E-state index is 0. The summed E-state index contributed by atoms with van der Waals surface area (Å²) in [6.45, 7) is 2.12. The molecule has 0 heterocycles. The highest BCUT2D eigenvalue weighted by molar-refractivity contribution is 5.85. The number of hydrogen-bond acceptors (Lipinski definition) is 1. The van der Waals surface area contributed by atoms with Crippen molar-refractivity contribution in [2.24, 2.45) is 0 Å². The predicted octanol–water partition coefficient (Wildman–Crippen LogP) is 3.92. The molecule has 1 N–H and O–H groups in total. The van der Waals surface area contributed by atoms with Crippen LogP contribution >= 0.6 is 12.4 Å². The molecular weight excluding hydrogens is 242 g/mol. The zero-order chi connectivity index (χ0) is 12.1. The summed E-state index contributed by atoms with van der Waals surface area (Å²) in [6, 6.07) is 19.8. The van der Waals surface area contributed by atoms with E-state index >= 15 is 0 Å². The molecule has 2 aromatic rings. The normalized spacial score (nSPS) is 11.7. The van der Waals surface area contributed by atoms with Crippen LogP contribution in [-0.2, 0) is 6.42 Å². The molecule has 1 unspecified atom stereocenters. The predicted molar refractivity (Wildman–Crippen MR) is 80.4 cm³/mol. The van der Waals surface area contributed by atoms with Crippen molar-refractivity contribution in [2.75, 3.05) is 7.05 Å². The number of nitrogens with one attached hydrogen (secondary N) is 1. The summed E-state index contributed by atoms with van der Waals surface area (Å²) in [6.07, 6.45) is 1.03. The van der Waals surface area contributed by atoms with Crippen LogP contribution in [0, 0.1) is 6.92 Å². The first-order valence-electron chi connectivity index (χ1n) is 6.07. The number of rotatable bonds is 4. The Bertz CT molecular complexity index is 450. The molecule has 2 rings (SSSR count). The molecule has 0 aliphatic carbocycles. The summed E-state index contributed by atoms with van der Waals surface area (Å²) >= 11 is 0. The van der Waals surface area contributed by atoms with Crippen LogP contribution in [0.1, 0.15) is 22.7 Å². The van der Waals surface area contributed by atoms with Gasteiger partial charge < -0.3 is 5.32 Å². The summed E-state index contributed by atoms with van der Waals surface area (Å²) in [5.41, 5.74) is 4.03. The van der Waals surface area contributed by atoms with Crippen LogP contribution in [0.25, 0.3) is 0 Å². The Balaban J connectivity index is 0.00000162. The summed E-state index contributed by atoms with van der Waals surface area (Å²) in [7, 11) is 2.02. The standard InChI is InChI=1S/C16H19N.ClH/c1-13-8-10-14(11-9-13)12-16(17-2)15-6-4-3-5-7-15;/h3-11,16-17H,12H2,1-2H3;1H. The molecule has 0 saturated carbocycles. The van der Waals surface area contributed by atoms with Crippen LogP contribution in [0.15, 0.2) is 54.6 Å². The molecule has 0 radical (unpaired) electrons. The number of hydrogen-bond donors (Lipinski definition) is 1. The molecule has 0 amide bonds. The fourth-order valence-corrected chi connectivity index (χ4v) is 2.03. The Kier molecular flexibility index (Phi) is 5.90. The van der Waals surface area contributed by atoms with Gasteiger partial charge in [-0.15, -0.1) is 12.4 Å². The maximum Gasteiger partial charge on any atom is 0.0358 e. The average Bonchev–Trinajstić information content (AvgIpc) is 2.39. The van der Waals surface area contributed by atoms with E-state index in [9.17, 15) is 0 Å². The molecule has 18 heavy (non-hydrogen) atoms. The third kappa shape index (κ3) is 3.86. The molecule has 1 atom stereocenters. The second kappa shape index (κ2) is 7.20. The molecule has 0 spiro atoms. The second-order valence-electron chi connectivity index (χ2n) is 4.44. The molecule has 96 valence electrons. The fourth-order valence-electron chi connectivity index (χ4n) is 2.03. The molecule has 0 fully saturated rings. The van der Waals surface area contributed by atoms with Gasteiger partial charge in [-0.2, -0.15) is 0 Å². The lowest BCUT2D eigenvalue weighted by Gasteiger charge is -2.16. The molecule has 0 aromatic heterocycles. The number of benzene rings is 2. The number of likely N-dealkylation sites (N-methyl/N-ethyl adjacent to an activating group) is 1. The molecule has 0 aliphatic rings. The van der Waals surface area contributed by atoms with Gasteiger partial charge in [0.1, 0.15) is 0 Å². The van der Waals surface area contributed by atoms with Crippen LogP contribution in [0.2, 0.25) is 0 Å². The van der Waals surface area contributed by atoms with Gasteiger partial charge in [-0.05, 0) is 31.5 Å². The van der Waals surface area contributed by atoms with Gasteiger partial charge in [0.15, 0.2) is 0 Å². The number of halogens is 1. The van der Waals surface area contributed by atoms with E-state index in [0.29, 0.717) is 6.04 Å². The van der Waals surface area contributed by atoms with Crippen molar-refractivity contribution in [3.63, 3.8) is 0 Å². The van der Waals surface area contributed by atoms with E-state index in [1.54, 1.807) is 0 Å². The van der Waals surface area contributed by atoms with Gasteiger partial charge in [-0.25, -0.2) is 0 Å². The van der Waals surface area contributed by atoms with Crippen LogP contribution in [0.4, 0.5) is 0 Å². The molecule has 0 bridgehead atoms. The first-order chi connectivity index (χ1) is 8.29. The van der Waals surface area contributed by atoms with Gasteiger partial charge in [0.2, 0.25) is 0 Å². The molecule has 0 aliphatic heterocycles. The fraction of sp³-hybridized carbons (Fsp3) is 0.250. The van der Waals surface area contributed by atoms with E-state index in [1.165, 1.54) is 16.7 Å². The Labute approximate surface area is 116 Å². The highest BCUT2D eigenvalue weighted by Gasteiger charge is 2.08. The van der Waals surface area contributed by atoms with Crippen molar-refractivity contribution in [3.05, 3.63) is 71.3 Å². The monoisotopic (exact) mass is 261 g/mol. The Morgan fingerprint density at radius 1 is 0.944 bits per heavy atom. The summed E-state index contributed by atoms with van der Waals surface area (Å²) in [4.78, 5) is 0. The van der Waals surface area contributed by atoms with Crippen LogP contribution < -0.4 is 5.32 Å². The van der Waals surface area contributed by atoms with Crippen molar-refractivity contribution < 1.29 is 0 Å². The van der Waals surface area contributed by atoms with E-state index in [1.807, 2.05) is 7.05 Å². The summed E-state index contributed by atoms with van der Waals surface area (Å²) in [5, 5.41) is 3.38. The zero-order valence-corrected chi connectivity index (χ0v) is 11.7. The van der Waals surface area contributed by atoms with E-state index in [2.05, 4.69) is 66.8 Å². The third-order valence-electron chi connectivity index (χ3n) is 3.11. The lowest BCUT2D eigenvalue weighted by atomic mass is 9.98. The largest absolute Gasteiger partial charge is 0.313 e. The Morgan fingerprint density at radius 3 is 2.11 bits per heavy atom. The Morgan fingerprint density at radius 2 is 1.56 bits per heavy atom. The van der Waals surface area contributed by atoms with Gasteiger partial charge in [-0.1, -0.05) is 60.2 Å². The van der Waals surface area contributed by atoms with Gasteiger partial charge in [0.05, 0.1) is 0 Å². The first kappa shape index (κ1) is 14.7. The smallest absolute Gasteiger partial charge is 0.0358 e. The van der Waals surface area contributed by atoms with Gasteiger partial charge in [-0.3, -0.25) is 0 Å².